The van der Waals surface area contributed by atoms with Gasteiger partial charge in [-0.1, -0.05) is 31.5 Å². The fourth-order valence-electron chi connectivity index (χ4n) is 5.05. The number of hydrogen-bond donors (Lipinski definition) is 0. The van der Waals surface area contributed by atoms with E-state index in [9.17, 15) is 9.59 Å². The van der Waals surface area contributed by atoms with Gasteiger partial charge in [-0.3, -0.25) is 9.59 Å². The van der Waals surface area contributed by atoms with Crippen molar-refractivity contribution in [2.45, 2.75) is 52.2 Å². The Bertz CT molecular complexity index is 1340. The van der Waals surface area contributed by atoms with Crippen LogP contribution in [0.4, 0.5) is 0 Å². The highest BCUT2D eigenvalue weighted by molar-refractivity contribution is 5.99. The smallest absolute Gasteiger partial charge is 0.291 e. The Kier molecular flexibility index (Phi) is 6.75. The highest BCUT2D eigenvalue weighted by Crippen LogP contribution is 2.41. The topological polar surface area (TPSA) is 78.2 Å². The van der Waals surface area contributed by atoms with Crippen molar-refractivity contribution in [3.63, 3.8) is 0 Å². The number of amides is 1. The van der Waals surface area contributed by atoms with Crippen LogP contribution in [0.25, 0.3) is 11.0 Å². The SMILES string of the molecule is COc1cc(C2c3c(oc4ccc(C)cc4c3=O)C(=O)N2CC2CCCO2)ccc1OCCC(C)C. The second-order valence-corrected chi connectivity index (χ2v) is 10.1. The number of ether oxygens (including phenoxy) is 3. The Morgan fingerprint density at radius 2 is 1.94 bits per heavy atom. The minimum Gasteiger partial charge on any atom is -0.493 e. The summed E-state index contributed by atoms with van der Waals surface area (Å²) >= 11 is 0. The van der Waals surface area contributed by atoms with Gasteiger partial charge in [-0.25, -0.2) is 0 Å². The van der Waals surface area contributed by atoms with Crippen LogP contribution in [0.3, 0.4) is 0 Å². The van der Waals surface area contributed by atoms with Gasteiger partial charge >= 0.3 is 0 Å². The second-order valence-electron chi connectivity index (χ2n) is 10.1. The first-order valence-corrected chi connectivity index (χ1v) is 12.7. The van der Waals surface area contributed by atoms with E-state index >= 15 is 0 Å². The zero-order valence-electron chi connectivity index (χ0n) is 21.3. The maximum atomic E-state index is 13.8. The molecular formula is C29H33NO6. The molecule has 2 aliphatic rings. The molecule has 7 heteroatoms. The zero-order chi connectivity index (χ0) is 25.4. The summed E-state index contributed by atoms with van der Waals surface area (Å²) in [4.78, 5) is 29.1. The lowest BCUT2D eigenvalue weighted by atomic mass is 9.97. The molecule has 0 N–H and O–H groups in total. The molecule has 1 saturated heterocycles. The van der Waals surface area contributed by atoms with Crippen molar-refractivity contribution >= 4 is 16.9 Å². The van der Waals surface area contributed by atoms with Crippen LogP contribution >= 0.6 is 0 Å². The number of rotatable bonds is 8. The van der Waals surface area contributed by atoms with Gasteiger partial charge in [0.05, 0.1) is 36.8 Å². The minimum absolute atomic E-state index is 0.0712. The quantitative estimate of drug-likeness (QED) is 0.428. The van der Waals surface area contributed by atoms with Crippen molar-refractivity contribution in [1.82, 2.24) is 4.90 Å². The third-order valence-corrected chi connectivity index (χ3v) is 7.00. The number of carbonyl (C=O) groups is 1. The molecule has 1 fully saturated rings. The van der Waals surface area contributed by atoms with Gasteiger partial charge in [0.1, 0.15) is 5.58 Å². The van der Waals surface area contributed by atoms with E-state index in [1.807, 2.05) is 37.3 Å². The summed E-state index contributed by atoms with van der Waals surface area (Å²) in [6.45, 7) is 7.88. The van der Waals surface area contributed by atoms with Crippen molar-refractivity contribution in [1.29, 1.82) is 0 Å². The number of carbonyl (C=O) groups excluding carboxylic acids is 1. The van der Waals surface area contributed by atoms with Gasteiger partial charge in [-0.2, -0.15) is 0 Å². The fourth-order valence-corrected chi connectivity index (χ4v) is 5.05. The van der Waals surface area contributed by atoms with E-state index in [-0.39, 0.29) is 23.2 Å². The molecule has 2 unspecified atom stereocenters. The molecule has 2 aliphatic heterocycles. The van der Waals surface area contributed by atoms with E-state index in [0.29, 0.717) is 53.7 Å². The molecule has 0 aliphatic carbocycles. The molecule has 0 radical (unpaired) electrons. The van der Waals surface area contributed by atoms with E-state index in [2.05, 4.69) is 13.8 Å². The number of benzene rings is 2. The highest BCUT2D eigenvalue weighted by Gasteiger charge is 2.44. The first-order valence-electron chi connectivity index (χ1n) is 12.7. The monoisotopic (exact) mass is 491 g/mol. The van der Waals surface area contributed by atoms with Crippen LogP contribution in [0.2, 0.25) is 0 Å². The summed E-state index contributed by atoms with van der Waals surface area (Å²) in [5.41, 5.74) is 2.33. The first kappa shape index (κ1) is 24.4. The van der Waals surface area contributed by atoms with E-state index in [4.69, 9.17) is 18.6 Å². The standard InChI is InChI=1S/C29H33NO6/c1-17(2)11-13-35-23-10-8-19(15-24(23)33-4)26-25-27(31)21-14-18(3)7-9-22(21)36-28(25)29(32)30(26)16-20-6-5-12-34-20/h7-10,14-15,17,20,26H,5-6,11-13,16H2,1-4H3. The van der Waals surface area contributed by atoms with Gasteiger partial charge in [0.25, 0.3) is 5.91 Å². The van der Waals surface area contributed by atoms with Gasteiger partial charge in [-0.15, -0.1) is 0 Å². The Balaban J connectivity index is 1.60. The lowest BCUT2D eigenvalue weighted by Gasteiger charge is -2.28. The molecule has 3 heterocycles. The van der Waals surface area contributed by atoms with Gasteiger partial charge in [0.2, 0.25) is 5.76 Å². The highest BCUT2D eigenvalue weighted by atomic mass is 16.5. The summed E-state index contributed by atoms with van der Waals surface area (Å²) in [6, 6.07) is 10.5. The Hall–Kier alpha value is -3.32. The second kappa shape index (κ2) is 9.97. The molecule has 7 nitrogen and oxygen atoms in total. The summed E-state index contributed by atoms with van der Waals surface area (Å²) in [5, 5.41) is 0.478. The average molecular weight is 492 g/mol. The maximum Gasteiger partial charge on any atom is 0.291 e. The van der Waals surface area contributed by atoms with E-state index in [1.54, 1.807) is 18.1 Å². The fraction of sp³-hybridized carbons (Fsp3) is 0.448. The third kappa shape index (κ3) is 4.48. The van der Waals surface area contributed by atoms with E-state index in [1.165, 1.54) is 0 Å². The van der Waals surface area contributed by atoms with Crippen LogP contribution in [-0.4, -0.2) is 43.8 Å². The van der Waals surface area contributed by atoms with E-state index < -0.39 is 6.04 Å². The Labute approximate surface area is 210 Å². The maximum absolute atomic E-state index is 13.8. The van der Waals surface area contributed by atoms with Gasteiger partial charge in [0, 0.05) is 13.2 Å². The molecular weight excluding hydrogens is 458 g/mol. The molecule has 2 aromatic carbocycles. The lowest BCUT2D eigenvalue weighted by Crippen LogP contribution is -2.36. The molecule has 1 aromatic heterocycles. The summed E-state index contributed by atoms with van der Waals surface area (Å²) in [7, 11) is 1.59. The predicted molar refractivity (Wildman–Crippen MR) is 137 cm³/mol. The molecule has 0 bridgehead atoms. The number of fused-ring (bicyclic) bond motifs is 2. The summed E-state index contributed by atoms with van der Waals surface area (Å²) in [6.07, 6.45) is 2.69. The zero-order valence-corrected chi connectivity index (χ0v) is 21.3. The summed E-state index contributed by atoms with van der Waals surface area (Å²) in [5.74, 6) is 1.55. The average Bonchev–Trinajstić information content (AvgIpc) is 3.47. The van der Waals surface area contributed by atoms with Crippen molar-refractivity contribution in [3.8, 4) is 11.5 Å². The van der Waals surface area contributed by atoms with Crippen LogP contribution in [0.5, 0.6) is 11.5 Å². The van der Waals surface area contributed by atoms with Gasteiger partial charge in [-0.05, 0) is 61.9 Å². The molecule has 36 heavy (non-hydrogen) atoms. The molecule has 2 atom stereocenters. The van der Waals surface area contributed by atoms with Crippen molar-refractivity contribution in [3.05, 3.63) is 69.1 Å². The summed E-state index contributed by atoms with van der Waals surface area (Å²) < 4.78 is 23.5. The number of aryl methyl sites for hydroxylation is 1. The molecule has 190 valence electrons. The van der Waals surface area contributed by atoms with Crippen LogP contribution in [0, 0.1) is 12.8 Å². The van der Waals surface area contributed by atoms with Gasteiger partial charge in [0.15, 0.2) is 16.9 Å². The lowest BCUT2D eigenvalue weighted by molar-refractivity contribution is 0.0486. The van der Waals surface area contributed by atoms with E-state index in [0.717, 1.165) is 30.4 Å². The molecule has 3 aromatic rings. The molecule has 0 spiro atoms. The normalized spacial score (nSPS) is 19.4. The van der Waals surface area contributed by atoms with Crippen LogP contribution in [0.1, 0.15) is 66.4 Å². The van der Waals surface area contributed by atoms with Crippen LogP contribution < -0.4 is 14.9 Å². The number of methoxy groups -OCH3 is 1. The van der Waals surface area contributed by atoms with Crippen molar-refractivity contribution in [2.75, 3.05) is 26.9 Å². The molecule has 5 rings (SSSR count). The van der Waals surface area contributed by atoms with Crippen LogP contribution in [0.15, 0.2) is 45.6 Å². The van der Waals surface area contributed by atoms with Crippen molar-refractivity contribution in [2.24, 2.45) is 5.92 Å². The third-order valence-electron chi connectivity index (χ3n) is 7.00. The minimum atomic E-state index is -0.600. The van der Waals surface area contributed by atoms with Crippen molar-refractivity contribution < 1.29 is 23.4 Å². The number of hydrogen-bond acceptors (Lipinski definition) is 6. The largest absolute Gasteiger partial charge is 0.493 e. The van der Waals surface area contributed by atoms with Gasteiger partial charge < -0.3 is 23.5 Å². The molecule has 0 saturated carbocycles. The Morgan fingerprint density at radius 1 is 1.11 bits per heavy atom. The Morgan fingerprint density at radius 3 is 2.67 bits per heavy atom. The predicted octanol–water partition coefficient (Wildman–Crippen LogP) is 5.26. The van der Waals surface area contributed by atoms with Crippen LogP contribution in [-0.2, 0) is 4.74 Å². The number of nitrogens with zero attached hydrogens (tertiary/aromatic N) is 1. The molecule has 1 amide bonds. The first-order chi connectivity index (χ1) is 17.4.